The molecule has 0 aromatic rings. The zero-order chi connectivity index (χ0) is 9.14. The van der Waals surface area contributed by atoms with Crippen molar-refractivity contribution in [2.45, 2.75) is 19.4 Å². The van der Waals surface area contributed by atoms with E-state index in [-0.39, 0.29) is 12.1 Å². The van der Waals surface area contributed by atoms with E-state index in [9.17, 15) is 4.79 Å². The number of nitrogens with zero attached hydrogens (tertiary/aromatic N) is 1. The SMILES string of the molecule is CCC1COC(=O)N1CC(N)=S. The fourth-order valence-corrected chi connectivity index (χ4v) is 1.33. The van der Waals surface area contributed by atoms with Gasteiger partial charge in [-0.2, -0.15) is 0 Å². The van der Waals surface area contributed by atoms with Gasteiger partial charge in [-0.3, -0.25) is 4.90 Å². The summed E-state index contributed by atoms with van der Waals surface area (Å²) >= 11 is 4.71. The van der Waals surface area contributed by atoms with E-state index in [1.807, 2.05) is 6.92 Å². The number of rotatable bonds is 3. The van der Waals surface area contributed by atoms with Crippen LogP contribution in [0.2, 0.25) is 0 Å². The Morgan fingerprint density at radius 2 is 2.58 bits per heavy atom. The maximum atomic E-state index is 11.1. The average molecular weight is 188 g/mol. The zero-order valence-corrected chi connectivity index (χ0v) is 7.76. The number of ether oxygens (including phenoxy) is 1. The molecule has 1 fully saturated rings. The molecular formula is C7H12N2O2S. The summed E-state index contributed by atoms with van der Waals surface area (Å²) < 4.78 is 4.84. The lowest BCUT2D eigenvalue weighted by molar-refractivity contribution is 0.161. The first kappa shape index (κ1) is 9.25. The molecule has 1 amide bonds. The van der Waals surface area contributed by atoms with E-state index in [0.717, 1.165) is 6.42 Å². The van der Waals surface area contributed by atoms with Crippen LogP contribution in [-0.2, 0) is 4.74 Å². The van der Waals surface area contributed by atoms with Crippen LogP contribution < -0.4 is 5.73 Å². The van der Waals surface area contributed by atoms with E-state index in [4.69, 9.17) is 22.7 Å². The second-order valence-electron chi connectivity index (χ2n) is 2.73. The molecule has 0 radical (unpaired) electrons. The molecule has 1 rings (SSSR count). The van der Waals surface area contributed by atoms with Crippen LogP contribution in [0.1, 0.15) is 13.3 Å². The van der Waals surface area contributed by atoms with E-state index in [1.165, 1.54) is 0 Å². The van der Waals surface area contributed by atoms with Gasteiger partial charge in [-0.05, 0) is 6.42 Å². The van der Waals surface area contributed by atoms with Crippen molar-refractivity contribution in [3.63, 3.8) is 0 Å². The number of thiocarbonyl (C=S) groups is 1. The molecule has 0 aliphatic carbocycles. The van der Waals surface area contributed by atoms with Gasteiger partial charge in [0.25, 0.3) is 0 Å². The van der Waals surface area contributed by atoms with Crippen molar-refractivity contribution >= 4 is 23.3 Å². The summed E-state index contributed by atoms with van der Waals surface area (Å²) in [6.45, 7) is 2.78. The second-order valence-corrected chi connectivity index (χ2v) is 3.26. The van der Waals surface area contributed by atoms with Gasteiger partial charge in [-0.25, -0.2) is 4.79 Å². The van der Waals surface area contributed by atoms with Gasteiger partial charge in [0.1, 0.15) is 6.61 Å². The Morgan fingerprint density at radius 3 is 3.08 bits per heavy atom. The van der Waals surface area contributed by atoms with Gasteiger partial charge in [0.2, 0.25) is 0 Å². The molecule has 1 aliphatic heterocycles. The van der Waals surface area contributed by atoms with E-state index in [0.29, 0.717) is 18.1 Å². The minimum Gasteiger partial charge on any atom is -0.447 e. The summed E-state index contributed by atoms with van der Waals surface area (Å²) in [5.74, 6) is 0. The molecule has 0 saturated carbocycles. The highest BCUT2D eigenvalue weighted by Crippen LogP contribution is 2.14. The normalized spacial score (nSPS) is 22.6. The highest BCUT2D eigenvalue weighted by molar-refractivity contribution is 7.80. The standard InChI is InChI=1S/C7H12N2O2S/c1-2-5-4-11-7(10)9(5)3-6(8)12/h5H,2-4H2,1H3,(H2,8,12). The maximum absolute atomic E-state index is 11.1. The molecule has 12 heavy (non-hydrogen) atoms. The maximum Gasteiger partial charge on any atom is 0.410 e. The molecule has 1 saturated heterocycles. The Labute approximate surface area is 76.7 Å². The lowest BCUT2D eigenvalue weighted by atomic mass is 10.2. The predicted octanol–water partition coefficient (Wildman–Crippen LogP) is 0.503. The van der Waals surface area contributed by atoms with Crippen molar-refractivity contribution in [3.8, 4) is 0 Å². The van der Waals surface area contributed by atoms with Crippen molar-refractivity contribution in [2.24, 2.45) is 5.73 Å². The quantitative estimate of drug-likeness (QED) is 0.655. The van der Waals surface area contributed by atoms with Gasteiger partial charge in [0.15, 0.2) is 0 Å². The molecule has 5 heteroatoms. The third-order valence-electron chi connectivity index (χ3n) is 1.87. The van der Waals surface area contributed by atoms with E-state index < -0.39 is 0 Å². The van der Waals surface area contributed by atoms with Crippen molar-refractivity contribution in [1.29, 1.82) is 0 Å². The largest absolute Gasteiger partial charge is 0.447 e. The molecule has 68 valence electrons. The van der Waals surface area contributed by atoms with Crippen LogP contribution in [-0.4, -0.2) is 35.2 Å². The fourth-order valence-electron chi connectivity index (χ4n) is 1.19. The Bertz CT molecular complexity index is 208. The minimum absolute atomic E-state index is 0.138. The molecule has 1 aliphatic rings. The zero-order valence-electron chi connectivity index (χ0n) is 6.95. The highest BCUT2D eigenvalue weighted by atomic mass is 32.1. The van der Waals surface area contributed by atoms with Crippen LogP contribution >= 0.6 is 12.2 Å². The van der Waals surface area contributed by atoms with Crippen molar-refractivity contribution in [2.75, 3.05) is 13.2 Å². The number of amides is 1. The predicted molar refractivity (Wildman–Crippen MR) is 48.9 cm³/mol. The minimum atomic E-state index is -0.311. The summed E-state index contributed by atoms with van der Waals surface area (Å²) in [5.41, 5.74) is 5.33. The van der Waals surface area contributed by atoms with Crippen molar-refractivity contribution < 1.29 is 9.53 Å². The molecular weight excluding hydrogens is 176 g/mol. The van der Waals surface area contributed by atoms with Gasteiger partial charge in [-0.15, -0.1) is 0 Å². The fraction of sp³-hybridized carbons (Fsp3) is 0.714. The highest BCUT2D eigenvalue weighted by Gasteiger charge is 2.31. The van der Waals surface area contributed by atoms with Gasteiger partial charge < -0.3 is 10.5 Å². The first-order valence-electron chi connectivity index (χ1n) is 3.86. The molecule has 4 nitrogen and oxygen atoms in total. The van der Waals surface area contributed by atoms with Crippen LogP contribution in [0.15, 0.2) is 0 Å². The number of hydrogen-bond donors (Lipinski definition) is 1. The van der Waals surface area contributed by atoms with Gasteiger partial charge in [0.05, 0.1) is 17.6 Å². The Hall–Kier alpha value is -0.840. The molecule has 0 spiro atoms. The molecule has 2 N–H and O–H groups in total. The summed E-state index contributed by atoms with van der Waals surface area (Å²) in [5, 5.41) is 0. The topological polar surface area (TPSA) is 55.6 Å². The first-order valence-corrected chi connectivity index (χ1v) is 4.27. The average Bonchev–Trinajstić information content (AvgIpc) is 2.32. The summed E-state index contributed by atoms with van der Waals surface area (Å²) in [6.07, 6.45) is 0.559. The third kappa shape index (κ3) is 1.85. The van der Waals surface area contributed by atoms with Crippen LogP contribution in [0, 0.1) is 0 Å². The van der Waals surface area contributed by atoms with Gasteiger partial charge in [0, 0.05) is 0 Å². The Kier molecular flexibility index (Phi) is 2.86. The molecule has 1 heterocycles. The molecule has 0 aromatic carbocycles. The molecule has 0 bridgehead atoms. The Morgan fingerprint density at radius 1 is 1.92 bits per heavy atom. The van der Waals surface area contributed by atoms with E-state index in [2.05, 4.69) is 0 Å². The number of carbonyl (C=O) groups excluding carboxylic acids is 1. The van der Waals surface area contributed by atoms with Crippen LogP contribution in [0.4, 0.5) is 4.79 Å². The third-order valence-corrected chi connectivity index (χ3v) is 2.00. The van der Waals surface area contributed by atoms with Crippen LogP contribution in [0.25, 0.3) is 0 Å². The number of hydrogen-bond acceptors (Lipinski definition) is 3. The van der Waals surface area contributed by atoms with Crippen molar-refractivity contribution in [3.05, 3.63) is 0 Å². The smallest absolute Gasteiger partial charge is 0.410 e. The number of nitrogens with two attached hydrogens (primary N) is 1. The van der Waals surface area contributed by atoms with E-state index in [1.54, 1.807) is 4.90 Å². The van der Waals surface area contributed by atoms with E-state index >= 15 is 0 Å². The number of cyclic esters (lactones) is 1. The number of carbonyl (C=O) groups is 1. The summed E-state index contributed by atoms with van der Waals surface area (Å²) in [7, 11) is 0. The lowest BCUT2D eigenvalue weighted by Gasteiger charge is -2.18. The first-order chi connectivity index (χ1) is 5.65. The molecule has 0 aromatic heterocycles. The van der Waals surface area contributed by atoms with Crippen LogP contribution in [0.3, 0.4) is 0 Å². The summed E-state index contributed by atoms with van der Waals surface area (Å²) in [6, 6.07) is 0.138. The molecule has 1 unspecified atom stereocenters. The summed E-state index contributed by atoms with van der Waals surface area (Å²) in [4.78, 5) is 13.0. The second kappa shape index (κ2) is 3.71. The van der Waals surface area contributed by atoms with Gasteiger partial charge >= 0.3 is 6.09 Å². The lowest BCUT2D eigenvalue weighted by Crippen LogP contribution is -2.39. The Balaban J connectivity index is 2.57. The van der Waals surface area contributed by atoms with Gasteiger partial charge in [-0.1, -0.05) is 19.1 Å². The molecule has 1 atom stereocenters. The monoisotopic (exact) mass is 188 g/mol. The van der Waals surface area contributed by atoms with Crippen LogP contribution in [0.5, 0.6) is 0 Å². The van der Waals surface area contributed by atoms with Crippen molar-refractivity contribution in [1.82, 2.24) is 4.90 Å².